The molecule has 4 rings (SSSR count). The molecule has 5 atom stereocenters. The summed E-state index contributed by atoms with van der Waals surface area (Å²) in [5.41, 5.74) is 0.0270. The van der Waals surface area contributed by atoms with E-state index in [1.54, 1.807) is 13.8 Å². The van der Waals surface area contributed by atoms with Gasteiger partial charge in [0.05, 0.1) is 49.7 Å². The van der Waals surface area contributed by atoms with E-state index >= 15 is 0 Å². The van der Waals surface area contributed by atoms with Crippen LogP contribution in [-0.4, -0.2) is 113 Å². The molecule has 3 N–H and O–H groups in total. The third-order valence-electron chi connectivity index (χ3n) is 8.53. The minimum Gasteiger partial charge on any atom is -0.497 e. The normalized spacial score (nSPS) is 21.6. The van der Waals surface area contributed by atoms with Crippen molar-refractivity contribution in [2.45, 2.75) is 62.5 Å². The largest absolute Gasteiger partial charge is 0.497 e. The molecule has 15 heteroatoms. The van der Waals surface area contributed by atoms with Gasteiger partial charge in [-0.15, -0.1) is 0 Å². The van der Waals surface area contributed by atoms with Gasteiger partial charge in [-0.05, 0) is 54.5 Å². The van der Waals surface area contributed by atoms with Crippen molar-refractivity contribution < 1.29 is 46.1 Å². The molecule has 0 aromatic heterocycles. The van der Waals surface area contributed by atoms with Gasteiger partial charge in [-0.1, -0.05) is 44.2 Å². The summed E-state index contributed by atoms with van der Waals surface area (Å²) in [4.78, 5) is 14.1. The van der Waals surface area contributed by atoms with Gasteiger partial charge in [0.2, 0.25) is 20.0 Å². The van der Waals surface area contributed by atoms with Crippen molar-refractivity contribution in [3.05, 3.63) is 60.2 Å². The minimum atomic E-state index is -4.22. The van der Waals surface area contributed by atoms with Crippen molar-refractivity contribution in [1.29, 1.82) is 0 Å². The summed E-state index contributed by atoms with van der Waals surface area (Å²) in [5, 5.41) is 22.5. The number of sulfonamides is 2. The highest BCUT2D eigenvalue weighted by Crippen LogP contribution is 2.36. The van der Waals surface area contributed by atoms with Crippen LogP contribution in [0, 0.1) is 11.3 Å². The maximum Gasteiger partial charge on any atom is 0.407 e. The van der Waals surface area contributed by atoms with E-state index in [0.29, 0.717) is 25.2 Å². The highest BCUT2D eigenvalue weighted by molar-refractivity contribution is 7.89. The number of carboxylic acid groups (broad SMARTS) is 1. The number of hydrogen-bond acceptors (Lipinski definition) is 9. The van der Waals surface area contributed by atoms with Crippen LogP contribution in [0.25, 0.3) is 0 Å². The van der Waals surface area contributed by atoms with Crippen LogP contribution < -0.4 is 9.46 Å². The fourth-order valence-electron chi connectivity index (χ4n) is 6.14. The van der Waals surface area contributed by atoms with Gasteiger partial charge < -0.3 is 24.4 Å². The average Bonchev–Trinajstić information content (AvgIpc) is 3.61. The summed E-state index contributed by atoms with van der Waals surface area (Å²) in [6, 6.07) is 13.4. The van der Waals surface area contributed by atoms with Crippen LogP contribution in [0.1, 0.15) is 32.3 Å². The van der Waals surface area contributed by atoms with E-state index in [0.717, 1.165) is 16.1 Å². The predicted molar refractivity (Wildman–Crippen MR) is 170 cm³/mol. The smallest absolute Gasteiger partial charge is 0.407 e. The zero-order valence-electron chi connectivity index (χ0n) is 26.6. The summed E-state index contributed by atoms with van der Waals surface area (Å²) in [5.74, 6) is 0.243. The van der Waals surface area contributed by atoms with E-state index in [9.17, 15) is 31.8 Å². The first-order valence-corrected chi connectivity index (χ1v) is 18.5. The summed E-state index contributed by atoms with van der Waals surface area (Å²) in [7, 11) is -6.22. The summed E-state index contributed by atoms with van der Waals surface area (Å²) < 4.78 is 71.9. The second-order valence-electron chi connectivity index (χ2n) is 12.7. The SMILES string of the molecule is COc1ccc(S(=O)(=O)N(C[C@@H](O)[C@H](Cc2ccccc2)N(C(=O)O)[C@H]2CO[C@H]3OCC[C@H]32)CC(C)(C)CCNS(C)(=O)=O)cc1. The van der Waals surface area contributed by atoms with Crippen LogP contribution in [0.2, 0.25) is 0 Å². The van der Waals surface area contributed by atoms with Crippen molar-refractivity contribution in [1.82, 2.24) is 13.9 Å². The number of benzene rings is 2. The summed E-state index contributed by atoms with van der Waals surface area (Å²) >= 11 is 0. The molecule has 2 aliphatic heterocycles. The third-order valence-corrected chi connectivity index (χ3v) is 11.1. The van der Waals surface area contributed by atoms with Crippen LogP contribution in [-0.2, 0) is 35.9 Å². The van der Waals surface area contributed by atoms with E-state index < -0.39 is 62.6 Å². The molecule has 256 valence electrons. The molecule has 0 bridgehead atoms. The molecule has 0 saturated carbocycles. The number of nitrogens with one attached hydrogen (secondary N) is 1. The van der Waals surface area contributed by atoms with Gasteiger partial charge >= 0.3 is 6.09 Å². The zero-order valence-corrected chi connectivity index (χ0v) is 28.2. The number of aliphatic hydroxyl groups is 1. The molecule has 2 fully saturated rings. The Hall–Kier alpha value is -2.79. The topological polar surface area (TPSA) is 172 Å². The van der Waals surface area contributed by atoms with Gasteiger partial charge in [-0.3, -0.25) is 4.90 Å². The Morgan fingerprint density at radius 1 is 1.09 bits per heavy atom. The lowest BCUT2D eigenvalue weighted by Crippen LogP contribution is -2.58. The van der Waals surface area contributed by atoms with Gasteiger partial charge in [-0.25, -0.2) is 26.4 Å². The van der Waals surface area contributed by atoms with Crippen LogP contribution in [0.15, 0.2) is 59.5 Å². The number of nitrogens with zero attached hydrogens (tertiary/aromatic N) is 2. The standard InChI is InChI=1S/C31H45N3O10S2/c1-31(2,15-16-32-45(4,38)39)21-33(46(40,41)24-12-10-23(42-3)11-13-24)19-28(35)26(18-22-8-6-5-7-9-22)34(30(36)37)27-20-44-29-25(27)14-17-43-29/h5-13,25-29,32,35H,14-21H2,1-4H3,(H,36,37)/t25-,26-,27-,28+,29+/m0/s1. The first kappa shape index (κ1) is 36.1. The van der Waals surface area contributed by atoms with Crippen molar-refractivity contribution >= 4 is 26.1 Å². The molecule has 13 nitrogen and oxygen atoms in total. The van der Waals surface area contributed by atoms with Crippen LogP contribution >= 0.6 is 0 Å². The lowest BCUT2D eigenvalue weighted by atomic mass is 9.89. The Morgan fingerprint density at radius 3 is 2.37 bits per heavy atom. The molecule has 0 radical (unpaired) electrons. The molecule has 2 aromatic rings. The summed E-state index contributed by atoms with van der Waals surface area (Å²) in [6.07, 6.45) is -1.17. The number of fused-ring (bicyclic) bond motifs is 1. The lowest BCUT2D eigenvalue weighted by molar-refractivity contribution is -0.0906. The van der Waals surface area contributed by atoms with Gasteiger partial charge in [0, 0.05) is 25.6 Å². The number of methoxy groups -OCH3 is 1. The fourth-order valence-corrected chi connectivity index (χ4v) is 8.26. The molecule has 0 unspecified atom stereocenters. The Bertz CT molecular complexity index is 1520. The van der Waals surface area contributed by atoms with Crippen LogP contribution in [0.5, 0.6) is 5.75 Å². The van der Waals surface area contributed by atoms with E-state index in [2.05, 4.69) is 4.72 Å². The Labute approximate surface area is 271 Å². The van der Waals surface area contributed by atoms with Crippen molar-refractivity contribution in [2.24, 2.45) is 11.3 Å². The molecule has 46 heavy (non-hydrogen) atoms. The average molecular weight is 684 g/mol. The molecule has 2 heterocycles. The lowest BCUT2D eigenvalue weighted by Gasteiger charge is -2.40. The Kier molecular flexibility index (Phi) is 11.7. The van der Waals surface area contributed by atoms with Crippen molar-refractivity contribution in [3.63, 3.8) is 0 Å². The molecule has 0 aliphatic carbocycles. The van der Waals surface area contributed by atoms with Gasteiger partial charge in [0.1, 0.15) is 5.75 Å². The third kappa shape index (κ3) is 9.18. The molecular weight excluding hydrogens is 638 g/mol. The van der Waals surface area contributed by atoms with Crippen LogP contribution in [0.3, 0.4) is 0 Å². The maximum absolute atomic E-state index is 14.2. The first-order valence-electron chi connectivity index (χ1n) is 15.2. The molecule has 1 amide bonds. The number of hydrogen-bond donors (Lipinski definition) is 3. The number of ether oxygens (including phenoxy) is 3. The van der Waals surface area contributed by atoms with Crippen LogP contribution in [0.4, 0.5) is 4.79 Å². The van der Waals surface area contributed by atoms with Crippen molar-refractivity contribution in [3.8, 4) is 5.75 Å². The van der Waals surface area contributed by atoms with E-state index in [1.807, 2.05) is 30.3 Å². The molecule has 0 spiro atoms. The maximum atomic E-state index is 14.2. The Balaban J connectivity index is 1.69. The highest BCUT2D eigenvalue weighted by Gasteiger charge is 2.49. The van der Waals surface area contributed by atoms with E-state index in [4.69, 9.17) is 14.2 Å². The van der Waals surface area contributed by atoms with E-state index in [1.165, 1.54) is 36.3 Å². The quantitative estimate of drug-likeness (QED) is 0.239. The second-order valence-corrected chi connectivity index (χ2v) is 16.4. The predicted octanol–water partition coefficient (Wildman–Crippen LogP) is 2.37. The molecule has 2 aliphatic rings. The number of carbonyl (C=O) groups is 1. The second kappa shape index (κ2) is 15.0. The number of rotatable bonds is 16. The number of aliphatic hydroxyl groups excluding tert-OH is 1. The molecule has 2 saturated heterocycles. The number of amides is 1. The summed E-state index contributed by atoms with van der Waals surface area (Å²) in [6.45, 7) is 3.72. The van der Waals surface area contributed by atoms with Gasteiger partial charge in [0.25, 0.3) is 0 Å². The van der Waals surface area contributed by atoms with E-state index in [-0.39, 0.29) is 36.9 Å². The molecule has 2 aromatic carbocycles. The molecular formula is C31H45N3O10S2. The van der Waals surface area contributed by atoms with Gasteiger partial charge in [-0.2, -0.15) is 4.31 Å². The first-order chi connectivity index (χ1) is 21.6. The minimum absolute atomic E-state index is 0.0320. The van der Waals surface area contributed by atoms with Gasteiger partial charge in [0.15, 0.2) is 6.29 Å². The Morgan fingerprint density at radius 2 is 1.76 bits per heavy atom. The van der Waals surface area contributed by atoms with Crippen molar-refractivity contribution in [2.75, 3.05) is 46.2 Å². The highest BCUT2D eigenvalue weighted by atomic mass is 32.2. The zero-order chi connectivity index (χ0) is 33.7. The monoisotopic (exact) mass is 683 g/mol. The fraction of sp³-hybridized carbons (Fsp3) is 0.581.